The van der Waals surface area contributed by atoms with Gasteiger partial charge in [0.15, 0.2) is 0 Å². The second-order valence-electron chi connectivity index (χ2n) is 5.66. The molecule has 0 aliphatic rings. The number of hydrogen-bond donors (Lipinski definition) is 0. The second kappa shape index (κ2) is 7.21. The molecule has 0 radical (unpaired) electrons. The highest BCUT2D eigenvalue weighted by Crippen LogP contribution is 2.54. The van der Waals surface area contributed by atoms with E-state index in [9.17, 15) is 61.5 Å². The standard InChI is InChI=1S/C12H12F14/c1-2-3-6(4-7(13,9(15,16)17)10(18,19)20)5-8(14,11(21,22)23)12(24,25)26/h6H,2-5H2,1H3. The van der Waals surface area contributed by atoms with Crippen LogP contribution in [0.1, 0.15) is 32.6 Å². The molecule has 26 heavy (non-hydrogen) atoms. The summed E-state index contributed by atoms with van der Waals surface area (Å²) >= 11 is 0. The molecule has 0 saturated heterocycles. The van der Waals surface area contributed by atoms with Crippen LogP contribution in [0.3, 0.4) is 0 Å². The van der Waals surface area contributed by atoms with Gasteiger partial charge < -0.3 is 0 Å². The molecule has 0 nitrogen and oxygen atoms in total. The van der Waals surface area contributed by atoms with Crippen molar-refractivity contribution >= 4 is 0 Å². The van der Waals surface area contributed by atoms with Gasteiger partial charge in [0.1, 0.15) is 0 Å². The van der Waals surface area contributed by atoms with Crippen molar-refractivity contribution in [1.82, 2.24) is 0 Å². The van der Waals surface area contributed by atoms with Crippen molar-refractivity contribution < 1.29 is 61.5 Å². The number of rotatable bonds is 6. The molecule has 14 heteroatoms. The zero-order valence-corrected chi connectivity index (χ0v) is 12.7. The second-order valence-corrected chi connectivity index (χ2v) is 5.66. The maximum Gasteiger partial charge on any atom is 0.431 e. The fourth-order valence-electron chi connectivity index (χ4n) is 2.26. The van der Waals surface area contributed by atoms with Gasteiger partial charge >= 0.3 is 24.7 Å². The smallest absolute Gasteiger partial charge is 0.224 e. The molecule has 0 rings (SSSR count). The Bertz CT molecular complexity index is 383. The molecular formula is C12H12F14. The fraction of sp³-hybridized carbons (Fsp3) is 1.00. The van der Waals surface area contributed by atoms with Gasteiger partial charge in [-0.25, -0.2) is 8.78 Å². The first-order valence-electron chi connectivity index (χ1n) is 6.78. The molecule has 0 aromatic heterocycles. The first-order chi connectivity index (χ1) is 11.1. The Morgan fingerprint density at radius 1 is 0.500 bits per heavy atom. The predicted octanol–water partition coefficient (Wildman–Crippen LogP) is 6.85. The Labute approximate surface area is 137 Å². The summed E-state index contributed by atoms with van der Waals surface area (Å²) in [4.78, 5) is 0. The van der Waals surface area contributed by atoms with Crippen LogP contribution >= 0.6 is 0 Å². The van der Waals surface area contributed by atoms with Crippen molar-refractivity contribution in [2.24, 2.45) is 5.92 Å². The average Bonchev–Trinajstić information content (AvgIpc) is 2.33. The SMILES string of the molecule is CCCC(CC(F)(C(F)(F)F)C(F)(F)F)CC(F)(C(F)(F)F)C(F)(F)F. The van der Waals surface area contributed by atoms with E-state index in [1.54, 1.807) is 0 Å². The molecule has 0 heterocycles. The summed E-state index contributed by atoms with van der Waals surface area (Å²) in [6.45, 7) is 0.995. The topological polar surface area (TPSA) is 0 Å². The van der Waals surface area contributed by atoms with Crippen LogP contribution in [0, 0.1) is 5.92 Å². The lowest BCUT2D eigenvalue weighted by Gasteiger charge is -2.37. The Hall–Kier alpha value is -0.980. The molecule has 0 saturated carbocycles. The van der Waals surface area contributed by atoms with Gasteiger partial charge in [-0.2, -0.15) is 52.7 Å². The van der Waals surface area contributed by atoms with Gasteiger partial charge in [0.2, 0.25) is 0 Å². The molecule has 0 fully saturated rings. The van der Waals surface area contributed by atoms with Crippen LogP contribution in [-0.4, -0.2) is 36.0 Å². The molecule has 0 bridgehead atoms. The van der Waals surface area contributed by atoms with Crippen LogP contribution in [0.5, 0.6) is 0 Å². The van der Waals surface area contributed by atoms with Gasteiger partial charge in [-0.1, -0.05) is 19.8 Å². The molecule has 0 N–H and O–H groups in total. The predicted molar refractivity (Wildman–Crippen MR) is 59.5 cm³/mol. The van der Waals surface area contributed by atoms with Gasteiger partial charge in [-0.15, -0.1) is 0 Å². The van der Waals surface area contributed by atoms with Crippen LogP contribution < -0.4 is 0 Å². The molecule has 0 aliphatic carbocycles. The summed E-state index contributed by atoms with van der Waals surface area (Å²) in [7, 11) is 0. The molecule has 0 aliphatic heterocycles. The Kier molecular flexibility index (Phi) is 6.94. The van der Waals surface area contributed by atoms with Crippen molar-refractivity contribution in [1.29, 1.82) is 0 Å². The molecule has 0 aromatic rings. The minimum atomic E-state index is -6.67. The van der Waals surface area contributed by atoms with E-state index < -0.39 is 67.6 Å². The van der Waals surface area contributed by atoms with Crippen LogP contribution in [0.15, 0.2) is 0 Å². The van der Waals surface area contributed by atoms with Gasteiger partial charge in [0.05, 0.1) is 0 Å². The first-order valence-corrected chi connectivity index (χ1v) is 6.78. The van der Waals surface area contributed by atoms with E-state index in [4.69, 9.17) is 0 Å². The average molecular weight is 422 g/mol. The van der Waals surface area contributed by atoms with E-state index >= 15 is 0 Å². The minimum Gasteiger partial charge on any atom is -0.224 e. The van der Waals surface area contributed by atoms with Gasteiger partial charge in [0.25, 0.3) is 11.3 Å². The van der Waals surface area contributed by atoms with Crippen LogP contribution in [0.4, 0.5) is 61.5 Å². The maximum atomic E-state index is 13.6. The van der Waals surface area contributed by atoms with E-state index in [1.807, 2.05) is 0 Å². The van der Waals surface area contributed by atoms with E-state index in [2.05, 4.69) is 0 Å². The molecule has 0 amide bonds. The quantitative estimate of drug-likeness (QED) is 0.411. The Morgan fingerprint density at radius 2 is 0.731 bits per heavy atom. The number of hydrogen-bond acceptors (Lipinski definition) is 0. The van der Waals surface area contributed by atoms with Gasteiger partial charge in [0, 0.05) is 12.8 Å². The highest BCUT2D eigenvalue weighted by atomic mass is 19.4. The number of halogens is 14. The third kappa shape index (κ3) is 4.84. The molecule has 0 spiro atoms. The zero-order valence-electron chi connectivity index (χ0n) is 12.7. The van der Waals surface area contributed by atoms with Crippen LogP contribution in [-0.2, 0) is 0 Å². The molecule has 0 atom stereocenters. The van der Waals surface area contributed by atoms with Gasteiger partial charge in [-0.3, -0.25) is 0 Å². The van der Waals surface area contributed by atoms with Crippen molar-refractivity contribution in [2.75, 3.05) is 0 Å². The van der Waals surface area contributed by atoms with E-state index in [1.165, 1.54) is 0 Å². The molecule has 0 unspecified atom stereocenters. The summed E-state index contributed by atoms with van der Waals surface area (Å²) in [5.74, 6) is -2.85. The first kappa shape index (κ1) is 25.0. The maximum absolute atomic E-state index is 13.6. The van der Waals surface area contributed by atoms with Crippen LogP contribution in [0.2, 0.25) is 0 Å². The van der Waals surface area contributed by atoms with Crippen molar-refractivity contribution in [2.45, 2.75) is 68.6 Å². The minimum absolute atomic E-state index is 0.512. The molecule has 0 aromatic carbocycles. The fourth-order valence-corrected chi connectivity index (χ4v) is 2.26. The number of alkyl halides is 14. The third-order valence-electron chi connectivity index (χ3n) is 3.63. The lowest BCUT2D eigenvalue weighted by Crippen LogP contribution is -2.57. The normalized spacial score (nSPS) is 15.7. The highest BCUT2D eigenvalue weighted by molar-refractivity contribution is 5.00. The molecular weight excluding hydrogens is 410 g/mol. The van der Waals surface area contributed by atoms with Crippen molar-refractivity contribution in [3.8, 4) is 0 Å². The third-order valence-corrected chi connectivity index (χ3v) is 3.63. The van der Waals surface area contributed by atoms with Crippen LogP contribution in [0.25, 0.3) is 0 Å². The Balaban J connectivity index is 6.02. The van der Waals surface area contributed by atoms with E-state index in [0.29, 0.717) is 0 Å². The summed E-state index contributed by atoms with van der Waals surface area (Å²) in [5, 5.41) is 0. The lowest BCUT2D eigenvalue weighted by atomic mass is 9.80. The van der Waals surface area contributed by atoms with E-state index in [-0.39, 0.29) is 0 Å². The summed E-state index contributed by atoms with van der Waals surface area (Å²) < 4.78 is 177. The van der Waals surface area contributed by atoms with E-state index in [0.717, 1.165) is 6.92 Å². The summed E-state index contributed by atoms with van der Waals surface area (Å²) in [6, 6.07) is 0. The monoisotopic (exact) mass is 422 g/mol. The van der Waals surface area contributed by atoms with Crippen molar-refractivity contribution in [3.63, 3.8) is 0 Å². The molecule has 158 valence electrons. The lowest BCUT2D eigenvalue weighted by molar-refractivity contribution is -0.356. The highest BCUT2D eigenvalue weighted by Gasteiger charge is 2.75. The largest absolute Gasteiger partial charge is 0.431 e. The zero-order chi connectivity index (χ0) is 21.4. The van der Waals surface area contributed by atoms with Gasteiger partial charge in [-0.05, 0) is 5.92 Å². The summed E-state index contributed by atoms with van der Waals surface area (Å²) in [6.07, 6.45) is -34.0. The van der Waals surface area contributed by atoms with Crippen molar-refractivity contribution in [3.05, 3.63) is 0 Å². The summed E-state index contributed by atoms with van der Waals surface area (Å²) in [5.41, 5.74) is -12.2. The Morgan fingerprint density at radius 3 is 0.885 bits per heavy atom.